The Labute approximate surface area is 175 Å². The van der Waals surface area contributed by atoms with E-state index in [1.54, 1.807) is 7.05 Å². The fraction of sp³-hybridized carbons (Fsp3) is 0.435. The Morgan fingerprint density at radius 1 is 1.00 bits per heavy atom. The van der Waals surface area contributed by atoms with Crippen LogP contribution in [0.15, 0.2) is 39.9 Å². The molecular formula is C23H29N5O2. The summed E-state index contributed by atoms with van der Waals surface area (Å²) in [5.41, 5.74) is 3.63. The predicted octanol–water partition coefficient (Wildman–Crippen LogP) is 3.06. The van der Waals surface area contributed by atoms with Gasteiger partial charge in [0.1, 0.15) is 0 Å². The minimum atomic E-state index is -0.314. The van der Waals surface area contributed by atoms with Crippen molar-refractivity contribution < 1.29 is 0 Å². The van der Waals surface area contributed by atoms with Crippen LogP contribution in [-0.4, -0.2) is 23.1 Å². The maximum absolute atomic E-state index is 13.4. The molecule has 0 saturated carbocycles. The van der Waals surface area contributed by atoms with Crippen molar-refractivity contribution in [2.75, 3.05) is 0 Å². The molecule has 0 fully saturated rings. The molecule has 158 valence electrons. The van der Waals surface area contributed by atoms with Gasteiger partial charge in [-0.05, 0) is 38.2 Å². The molecule has 0 unspecified atom stereocenters. The van der Waals surface area contributed by atoms with E-state index in [0.717, 1.165) is 36.6 Å². The minimum absolute atomic E-state index is 0.265. The van der Waals surface area contributed by atoms with Gasteiger partial charge in [0.15, 0.2) is 11.2 Å². The van der Waals surface area contributed by atoms with Crippen LogP contribution in [-0.2, 0) is 26.6 Å². The molecule has 0 atom stereocenters. The number of hydrogen-bond acceptors (Lipinski definition) is 3. The molecule has 0 spiro atoms. The highest BCUT2D eigenvalue weighted by Gasteiger charge is 2.22. The van der Waals surface area contributed by atoms with Gasteiger partial charge in [0, 0.05) is 31.5 Å². The van der Waals surface area contributed by atoms with Crippen molar-refractivity contribution in [3.05, 3.63) is 68.1 Å². The lowest BCUT2D eigenvalue weighted by atomic mass is 10.1. The number of benzene rings is 1. The third-order valence-corrected chi connectivity index (χ3v) is 5.87. The molecule has 0 N–H and O–H groups in total. The summed E-state index contributed by atoms with van der Waals surface area (Å²) in [5, 5.41) is 0. The van der Waals surface area contributed by atoms with Gasteiger partial charge in [-0.25, -0.2) is 4.79 Å². The van der Waals surface area contributed by atoms with Crippen LogP contribution in [0.25, 0.3) is 16.9 Å². The van der Waals surface area contributed by atoms with Gasteiger partial charge in [-0.1, -0.05) is 44.2 Å². The van der Waals surface area contributed by atoms with Crippen LogP contribution in [0.1, 0.15) is 37.2 Å². The number of aryl methyl sites for hydroxylation is 3. The number of rotatable bonds is 6. The second kappa shape index (κ2) is 7.63. The average molecular weight is 408 g/mol. The SMILES string of the molecule is Cc1c(C)n2c3c(=O)n(CCCc4ccccc4)c(=O)n(C)c3nc2n1CC(C)C. The average Bonchev–Trinajstić information content (AvgIpc) is 3.21. The maximum Gasteiger partial charge on any atom is 0.332 e. The largest absolute Gasteiger partial charge is 0.332 e. The fourth-order valence-corrected chi connectivity index (χ4v) is 4.18. The molecule has 0 bridgehead atoms. The standard InChI is InChI=1S/C23H29N5O2/c1-15(2)14-27-16(3)17(4)28-19-20(24-22(27)28)25(5)23(30)26(21(19)29)13-9-12-18-10-7-6-8-11-18/h6-8,10-11,15H,9,12-14H2,1-5H3. The monoisotopic (exact) mass is 407 g/mol. The van der Waals surface area contributed by atoms with E-state index in [0.29, 0.717) is 23.6 Å². The lowest BCUT2D eigenvalue weighted by Crippen LogP contribution is -2.39. The first kappa shape index (κ1) is 20.2. The Morgan fingerprint density at radius 2 is 1.70 bits per heavy atom. The van der Waals surface area contributed by atoms with E-state index in [4.69, 9.17) is 4.98 Å². The second-order valence-corrected chi connectivity index (χ2v) is 8.48. The minimum Gasteiger partial charge on any atom is -0.314 e. The molecule has 0 aliphatic rings. The van der Waals surface area contributed by atoms with Gasteiger partial charge in [0.05, 0.1) is 0 Å². The summed E-state index contributed by atoms with van der Waals surface area (Å²) in [4.78, 5) is 31.0. The maximum atomic E-state index is 13.4. The molecule has 30 heavy (non-hydrogen) atoms. The van der Waals surface area contributed by atoms with E-state index in [-0.39, 0.29) is 11.2 Å². The normalized spacial score (nSPS) is 11.9. The lowest BCUT2D eigenvalue weighted by Gasteiger charge is -2.09. The van der Waals surface area contributed by atoms with Crippen molar-refractivity contribution in [2.24, 2.45) is 13.0 Å². The highest BCUT2D eigenvalue weighted by molar-refractivity contribution is 5.76. The number of aromatic nitrogens is 5. The van der Waals surface area contributed by atoms with Crippen molar-refractivity contribution in [3.63, 3.8) is 0 Å². The van der Waals surface area contributed by atoms with E-state index < -0.39 is 0 Å². The topological polar surface area (TPSA) is 66.2 Å². The summed E-state index contributed by atoms with van der Waals surface area (Å²) in [7, 11) is 1.69. The van der Waals surface area contributed by atoms with E-state index in [9.17, 15) is 9.59 Å². The lowest BCUT2D eigenvalue weighted by molar-refractivity contribution is 0.524. The molecule has 0 aliphatic carbocycles. The van der Waals surface area contributed by atoms with Crippen molar-refractivity contribution in [2.45, 2.75) is 53.6 Å². The van der Waals surface area contributed by atoms with Crippen LogP contribution >= 0.6 is 0 Å². The Bertz CT molecular complexity index is 1340. The van der Waals surface area contributed by atoms with Gasteiger partial charge in [-0.15, -0.1) is 0 Å². The third kappa shape index (κ3) is 3.18. The quantitative estimate of drug-likeness (QED) is 0.493. The summed E-state index contributed by atoms with van der Waals surface area (Å²) in [5.74, 6) is 1.17. The first-order valence-corrected chi connectivity index (χ1v) is 10.5. The Hall–Kier alpha value is -3.09. The van der Waals surface area contributed by atoms with Gasteiger partial charge in [0.2, 0.25) is 5.78 Å². The van der Waals surface area contributed by atoms with E-state index in [2.05, 4.69) is 37.5 Å². The van der Waals surface area contributed by atoms with Gasteiger partial charge < -0.3 is 4.57 Å². The highest BCUT2D eigenvalue weighted by atomic mass is 16.2. The second-order valence-electron chi connectivity index (χ2n) is 8.48. The van der Waals surface area contributed by atoms with Crippen LogP contribution in [0, 0.1) is 19.8 Å². The summed E-state index contributed by atoms with van der Waals surface area (Å²) < 4.78 is 6.92. The first-order chi connectivity index (χ1) is 14.3. The number of nitrogens with zero attached hydrogens (tertiary/aromatic N) is 5. The smallest absolute Gasteiger partial charge is 0.314 e. The van der Waals surface area contributed by atoms with Crippen LogP contribution in [0.4, 0.5) is 0 Å². The zero-order chi connectivity index (χ0) is 21.6. The van der Waals surface area contributed by atoms with Gasteiger partial charge in [-0.2, -0.15) is 4.98 Å². The Kier molecular flexibility index (Phi) is 5.13. The molecule has 7 heteroatoms. The molecule has 1 aromatic carbocycles. The fourth-order valence-electron chi connectivity index (χ4n) is 4.18. The molecule has 3 aromatic heterocycles. The Morgan fingerprint density at radius 3 is 2.37 bits per heavy atom. The highest BCUT2D eigenvalue weighted by Crippen LogP contribution is 2.21. The van der Waals surface area contributed by atoms with Crippen LogP contribution < -0.4 is 11.2 Å². The van der Waals surface area contributed by atoms with Gasteiger partial charge >= 0.3 is 5.69 Å². The molecule has 0 aliphatic heterocycles. The molecule has 0 amide bonds. The summed E-state index contributed by atoms with van der Waals surface area (Å²) >= 11 is 0. The van der Waals surface area contributed by atoms with Crippen molar-refractivity contribution in [3.8, 4) is 0 Å². The zero-order valence-corrected chi connectivity index (χ0v) is 18.3. The first-order valence-electron chi connectivity index (χ1n) is 10.5. The molecular weight excluding hydrogens is 378 g/mol. The van der Waals surface area contributed by atoms with Crippen molar-refractivity contribution in [1.29, 1.82) is 0 Å². The van der Waals surface area contributed by atoms with Crippen LogP contribution in [0.2, 0.25) is 0 Å². The van der Waals surface area contributed by atoms with Crippen molar-refractivity contribution >= 4 is 16.9 Å². The molecule has 4 rings (SSSR count). The molecule has 0 radical (unpaired) electrons. The predicted molar refractivity (Wildman–Crippen MR) is 119 cm³/mol. The van der Waals surface area contributed by atoms with Gasteiger partial charge in [-0.3, -0.25) is 18.3 Å². The number of hydrogen-bond donors (Lipinski definition) is 0. The Balaban J connectivity index is 1.84. The summed E-state index contributed by atoms with van der Waals surface area (Å²) in [6.45, 7) is 9.57. The number of fused-ring (bicyclic) bond motifs is 3. The molecule has 3 heterocycles. The van der Waals surface area contributed by atoms with Gasteiger partial charge in [0.25, 0.3) is 5.56 Å². The summed E-state index contributed by atoms with van der Waals surface area (Å²) in [6, 6.07) is 10.1. The summed E-state index contributed by atoms with van der Waals surface area (Å²) in [6.07, 6.45) is 1.54. The molecule has 7 nitrogen and oxygen atoms in total. The van der Waals surface area contributed by atoms with Crippen molar-refractivity contribution in [1.82, 2.24) is 23.1 Å². The third-order valence-electron chi connectivity index (χ3n) is 5.87. The zero-order valence-electron chi connectivity index (χ0n) is 18.3. The number of imidazole rings is 2. The van der Waals surface area contributed by atoms with Crippen LogP contribution in [0.3, 0.4) is 0 Å². The molecule has 0 saturated heterocycles. The van der Waals surface area contributed by atoms with E-state index >= 15 is 0 Å². The van der Waals surface area contributed by atoms with Crippen LogP contribution in [0.5, 0.6) is 0 Å². The molecule has 4 aromatic rings. The van der Waals surface area contributed by atoms with E-state index in [1.807, 2.05) is 29.5 Å². The van der Waals surface area contributed by atoms with E-state index in [1.165, 1.54) is 14.7 Å².